The van der Waals surface area contributed by atoms with Crippen molar-refractivity contribution in [1.82, 2.24) is 39.9 Å². The van der Waals surface area contributed by atoms with Crippen molar-refractivity contribution in [2.75, 3.05) is 9.80 Å². The van der Waals surface area contributed by atoms with E-state index in [0.29, 0.717) is 0 Å². The minimum Gasteiger partial charge on any atom is -0.500 e. The summed E-state index contributed by atoms with van der Waals surface area (Å²) in [5.41, 5.74) is 16.5. The van der Waals surface area contributed by atoms with Crippen LogP contribution in [0.2, 0.25) is 0 Å². The Labute approximate surface area is 847 Å². The van der Waals surface area contributed by atoms with E-state index < -0.39 is 12.1 Å². The Morgan fingerprint density at radius 1 is 0.305 bits per heavy atom. The van der Waals surface area contributed by atoms with Crippen LogP contribution in [0.4, 0.5) is 11.4 Å². The molecule has 22 rings (SSSR count). The molecule has 18 heteroatoms. The van der Waals surface area contributed by atoms with E-state index in [1.165, 1.54) is 51.5 Å². The first-order valence-electron chi connectivity index (χ1n) is 42.4. The second-order valence-corrected chi connectivity index (χ2v) is 28.6. The largest absolute Gasteiger partial charge is 3.00 e. The smallest absolute Gasteiger partial charge is 0.500 e. The second kappa shape index (κ2) is 53.8. The average Bonchev–Trinajstić information content (AvgIpc) is 1.67. The molecule has 21 aromatic rings. The van der Waals surface area contributed by atoms with Crippen molar-refractivity contribution < 1.29 is 130 Å². The summed E-state index contributed by atoms with van der Waals surface area (Å²) in [6, 6.07) is 137. The molecular weight excluding hydrogens is 2680 g/mol. The van der Waals surface area contributed by atoms with Crippen LogP contribution in [0.1, 0.15) is 15.3 Å². The second-order valence-electron chi connectivity index (χ2n) is 26.5. The maximum absolute atomic E-state index is 7.74. The minimum absolute atomic E-state index is 0. The number of hydrogen-bond acceptors (Lipinski definition) is 12. The molecular formula is C110H77Ir6N10S2-6. The fraction of sp³-hybridized carbons (Fsp3) is 0.00909. The quantitative estimate of drug-likeness (QED) is 0.123. The molecule has 12 aromatic carbocycles. The van der Waals surface area contributed by atoms with Gasteiger partial charge < -0.3 is 39.7 Å². The Hall–Kier alpha value is -11.7. The fourth-order valence-electron chi connectivity index (χ4n) is 12.5. The first-order chi connectivity index (χ1) is 63.4. The van der Waals surface area contributed by atoms with E-state index in [1.807, 2.05) is 315 Å². The molecule has 0 spiro atoms. The zero-order valence-electron chi connectivity index (χ0n) is 75.0. The van der Waals surface area contributed by atoms with Crippen molar-refractivity contribution >= 4 is 74.4 Å². The summed E-state index contributed by atoms with van der Waals surface area (Å²) in [5.74, 6) is 0.737. The van der Waals surface area contributed by atoms with Gasteiger partial charge in [0.05, 0.1) is 9.94 Å². The van der Waals surface area contributed by atoms with E-state index in [2.05, 4.69) is 190 Å². The van der Waals surface area contributed by atoms with Gasteiger partial charge in [0.15, 0.2) is 0 Å². The summed E-state index contributed by atoms with van der Waals surface area (Å²) in [4.78, 5) is 38.1. The number of rotatable bonds is 10. The molecule has 0 amide bonds. The molecule has 0 unspecified atom stereocenters. The number of aromatic nitrogens is 8. The minimum atomic E-state index is -0.443. The zero-order chi connectivity index (χ0) is 88.9. The summed E-state index contributed by atoms with van der Waals surface area (Å²) >= 11 is 3.62. The topological polar surface area (TPSA) is 110 Å². The van der Waals surface area contributed by atoms with E-state index in [-0.39, 0.29) is 162 Å². The van der Waals surface area contributed by atoms with E-state index in [9.17, 15) is 0 Å². The number of thiophene rings is 2. The van der Waals surface area contributed by atoms with Crippen LogP contribution >= 0.6 is 22.7 Å². The third-order valence-corrected chi connectivity index (χ3v) is 20.7. The molecule has 5 radical (unpaired) electrons. The predicted octanol–water partition coefficient (Wildman–Crippen LogP) is 27.3. The number of hydrogen-bond donors (Lipinski definition) is 0. The van der Waals surface area contributed by atoms with Crippen molar-refractivity contribution in [3.63, 3.8) is 0 Å². The van der Waals surface area contributed by atoms with Crippen LogP contribution in [-0.2, 0) is 121 Å². The number of para-hydroxylation sites is 2. The van der Waals surface area contributed by atoms with Crippen LogP contribution < -0.4 is 9.80 Å². The molecule has 10 nitrogen and oxygen atoms in total. The van der Waals surface area contributed by atoms with Crippen molar-refractivity contribution in [3.8, 4) is 90.1 Å². The van der Waals surface area contributed by atoms with Gasteiger partial charge in [-0.1, -0.05) is 168 Å². The third kappa shape index (κ3) is 28.4. The van der Waals surface area contributed by atoms with E-state index in [4.69, 9.17) is 9.60 Å². The predicted molar refractivity (Wildman–Crippen MR) is 503 cm³/mol. The summed E-state index contributed by atoms with van der Waals surface area (Å²) < 4.78 is 58.0. The van der Waals surface area contributed by atoms with Gasteiger partial charge in [0, 0.05) is 167 Å². The number of benzene rings is 12. The molecule has 0 bridgehead atoms. The number of aryl methyl sites for hydroxylation is 1. The van der Waals surface area contributed by atoms with Crippen molar-refractivity contribution in [2.24, 2.45) is 0 Å². The van der Waals surface area contributed by atoms with Gasteiger partial charge >= 0.3 is 20.1 Å². The normalized spacial score (nSPS) is 11.1. The monoisotopic (exact) mass is 2770 g/mol. The number of anilines is 2. The van der Waals surface area contributed by atoms with Gasteiger partial charge in [-0.2, -0.15) is 53.0 Å². The standard InChI is InChI=1S/2C17H10NS.C17H12N.C15H12N2.C11H9N2.3C11H8N.6Ir/c2*1-2-10-16-12(6-1)13-7-5-8-14(17(13)19-16)15-9-3-4-11-18-15;1-2-7-14(8-3-1)15-9-6-10-16(13-15)17-11-4-5-12-18-17;1-3-7-14(8-4-1)16-11-12-17(13-16)15-9-5-2-6-10-15;1-9-7-8-12-11(13-9)10-5-3-2-4-6-10;3*1-2-6-10(7-3-1)11-8-4-5-9-12-11;;;;;;/h2*1-7,9-11H;1-9,11-13H;1-9,11-13H;2-5,7-8H,1H3;3*1-6,8-9H;;;;;;/q3*-1;-2;4*-1;;;;;;+3/i;;;;;1D,2D,3D,4D,5D,6D,8D;;;;;;;;. The first kappa shape index (κ1) is 89.7. The Bertz CT molecular complexity index is 6810. The molecule has 1 aliphatic heterocycles. The van der Waals surface area contributed by atoms with Gasteiger partial charge in [-0.3, -0.25) is 9.97 Å². The van der Waals surface area contributed by atoms with Crippen molar-refractivity contribution in [2.45, 2.75) is 6.92 Å². The van der Waals surface area contributed by atoms with Crippen molar-refractivity contribution in [3.05, 3.63) is 505 Å². The molecule has 10 heterocycles. The molecule has 9 aromatic heterocycles. The number of fused-ring (bicyclic) bond motifs is 6. The Balaban J connectivity index is 0.000000173. The van der Waals surface area contributed by atoms with Gasteiger partial charge in [0.25, 0.3) is 0 Å². The van der Waals surface area contributed by atoms with E-state index in [0.717, 1.165) is 90.9 Å². The van der Waals surface area contributed by atoms with Crippen LogP contribution in [0.15, 0.2) is 444 Å². The fourth-order valence-corrected chi connectivity index (χ4v) is 15.0. The van der Waals surface area contributed by atoms with Crippen LogP contribution in [0.5, 0.6) is 0 Å². The Morgan fingerprint density at radius 2 is 0.742 bits per heavy atom. The third-order valence-electron chi connectivity index (χ3n) is 18.3. The van der Waals surface area contributed by atoms with Gasteiger partial charge in [0.1, 0.15) is 0 Å². The Morgan fingerprint density at radius 3 is 1.24 bits per heavy atom. The summed E-state index contributed by atoms with van der Waals surface area (Å²) in [6.45, 7) is 4.00. The molecule has 0 saturated carbocycles. The zero-order valence-corrected chi connectivity index (χ0v) is 84.0. The van der Waals surface area contributed by atoms with Crippen LogP contribution in [0.25, 0.3) is 130 Å². The molecule has 0 fully saturated rings. The molecule has 1 aliphatic rings. The molecule has 128 heavy (non-hydrogen) atoms. The molecule has 0 aliphatic carbocycles. The SMILES string of the molecule is Cc1ccnc(-c2[c-]cccc2)n1.[2H]c1[c-]c(-c2ncc([2H])c([2H])c2[2H])c([2H])c([2H])c1[2H].[Ir+3].[Ir].[Ir].[Ir].[Ir].[Ir].[c-]1ccc(-c2ccccc2)cc1-c1ccccn1.[c-]1ccc2c(sc3ccccc32)c1-c1ccccn1.[c-]1ccc2c(sc3ccccc32)c1-c1ccccn1.[c-]1ccccc1-c1ccccn1.[c-]1ccccc1-c1ccccn1.[c-]1ccccc1N1C=CN(c2ccccc2)[CH-]1. The van der Waals surface area contributed by atoms with Crippen LogP contribution in [0, 0.1) is 62.1 Å². The van der Waals surface area contributed by atoms with Gasteiger partial charge in [-0.15, -0.1) is 239 Å². The molecule has 0 N–H and O–H groups in total. The molecule has 639 valence electrons. The summed E-state index contributed by atoms with van der Waals surface area (Å²) in [5, 5.41) is 5.21. The van der Waals surface area contributed by atoms with Crippen LogP contribution in [0.3, 0.4) is 0 Å². The van der Waals surface area contributed by atoms with Crippen molar-refractivity contribution in [1.29, 1.82) is 0 Å². The van der Waals surface area contributed by atoms with Gasteiger partial charge in [-0.25, -0.2) is 0 Å². The number of pyridine rings is 6. The number of nitrogens with zero attached hydrogens (tertiary/aromatic N) is 10. The van der Waals surface area contributed by atoms with E-state index in [1.54, 1.807) is 24.8 Å². The van der Waals surface area contributed by atoms with E-state index >= 15 is 0 Å². The maximum atomic E-state index is 7.74. The summed E-state index contributed by atoms with van der Waals surface area (Å²) in [6.07, 6.45) is 15.9. The molecule has 0 saturated heterocycles. The Kier molecular flexibility index (Phi) is 37.7. The van der Waals surface area contributed by atoms with Crippen LogP contribution in [-0.4, -0.2) is 39.9 Å². The van der Waals surface area contributed by atoms with Gasteiger partial charge in [0.2, 0.25) is 0 Å². The summed E-state index contributed by atoms with van der Waals surface area (Å²) in [7, 11) is 0. The average molecular weight is 2760 g/mol. The van der Waals surface area contributed by atoms with Gasteiger partial charge in [-0.05, 0) is 149 Å². The molecule has 0 atom stereocenters. The maximum Gasteiger partial charge on any atom is 3.00 e. The first-order valence-corrected chi connectivity index (χ1v) is 40.5.